The second-order valence-corrected chi connectivity index (χ2v) is 7.81. The lowest BCUT2D eigenvalue weighted by molar-refractivity contribution is -0.177. The molecule has 0 aliphatic rings. The molecule has 194 valence electrons. The van der Waals surface area contributed by atoms with Gasteiger partial charge < -0.3 is 40.1 Å². The highest BCUT2D eigenvalue weighted by molar-refractivity contribution is 5.89. The van der Waals surface area contributed by atoms with E-state index in [9.17, 15) is 39.0 Å². The first-order valence-electron chi connectivity index (χ1n) is 10.4. The van der Waals surface area contributed by atoms with Crippen LogP contribution in [-0.2, 0) is 38.2 Å². The van der Waals surface area contributed by atoms with Gasteiger partial charge in [0.1, 0.15) is 12.7 Å². The van der Waals surface area contributed by atoms with Crippen LogP contribution in [0.2, 0.25) is 0 Å². The van der Waals surface area contributed by atoms with E-state index in [1.165, 1.54) is 0 Å². The molecule has 0 aromatic rings. The molecule has 0 amide bonds. The maximum atomic E-state index is 12.2. The lowest BCUT2D eigenvalue weighted by Gasteiger charge is -2.24. The van der Waals surface area contributed by atoms with Gasteiger partial charge in [-0.1, -0.05) is 26.2 Å². The number of rotatable bonds is 18. The molecule has 14 heteroatoms. The molecule has 0 spiro atoms. The molecular formula is C20H30O14. The molecule has 0 bridgehead atoms. The van der Waals surface area contributed by atoms with Crippen LogP contribution in [0.25, 0.3) is 0 Å². The second kappa shape index (κ2) is 14.1. The Balaban J connectivity index is 5.22. The molecule has 0 rings (SSSR count). The Morgan fingerprint density at radius 3 is 1.59 bits per heavy atom. The molecular weight excluding hydrogens is 464 g/mol. The van der Waals surface area contributed by atoms with E-state index in [-0.39, 0.29) is 6.42 Å². The van der Waals surface area contributed by atoms with E-state index >= 15 is 0 Å². The molecule has 3 unspecified atom stereocenters. The number of hydrogen-bond donors (Lipinski definition) is 6. The van der Waals surface area contributed by atoms with Crippen molar-refractivity contribution in [2.24, 2.45) is 0 Å². The minimum atomic E-state index is -2.93. The van der Waals surface area contributed by atoms with Crippen molar-refractivity contribution in [3.05, 3.63) is 0 Å². The fourth-order valence-corrected chi connectivity index (χ4v) is 2.84. The Morgan fingerprint density at radius 2 is 1.18 bits per heavy atom. The molecule has 0 saturated heterocycles. The van der Waals surface area contributed by atoms with Gasteiger partial charge in [-0.25, -0.2) is 9.59 Å². The van der Waals surface area contributed by atoms with Crippen molar-refractivity contribution in [3.63, 3.8) is 0 Å². The lowest BCUT2D eigenvalue weighted by Crippen LogP contribution is -2.44. The quantitative estimate of drug-likeness (QED) is 0.106. The zero-order valence-corrected chi connectivity index (χ0v) is 18.6. The van der Waals surface area contributed by atoms with Crippen molar-refractivity contribution >= 4 is 35.8 Å². The maximum absolute atomic E-state index is 12.2. The summed E-state index contributed by atoms with van der Waals surface area (Å²) in [5, 5.41) is 55.4. The largest absolute Gasteiger partial charge is 0.481 e. The Morgan fingerprint density at radius 1 is 0.706 bits per heavy atom. The molecule has 6 N–H and O–H groups in total. The summed E-state index contributed by atoms with van der Waals surface area (Å²) in [6.07, 6.45) is -3.09. The third kappa shape index (κ3) is 11.6. The lowest BCUT2D eigenvalue weighted by atomic mass is 9.96. The Kier molecular flexibility index (Phi) is 12.7. The third-order valence-corrected chi connectivity index (χ3v) is 4.67. The normalized spacial score (nSPS) is 15.3. The molecule has 0 heterocycles. The topological polar surface area (TPSA) is 242 Å². The molecule has 0 aliphatic carbocycles. The van der Waals surface area contributed by atoms with E-state index in [1.54, 1.807) is 0 Å². The summed E-state index contributed by atoms with van der Waals surface area (Å²) in [5.74, 6) is -9.84. The molecule has 0 radical (unpaired) electrons. The van der Waals surface area contributed by atoms with Crippen LogP contribution < -0.4 is 0 Å². The number of aliphatic carboxylic acids is 4. The number of carbonyl (C=O) groups is 6. The van der Waals surface area contributed by atoms with E-state index in [0.717, 1.165) is 12.8 Å². The van der Waals surface area contributed by atoms with Crippen molar-refractivity contribution < 1.29 is 68.9 Å². The van der Waals surface area contributed by atoms with Gasteiger partial charge in [0.2, 0.25) is 0 Å². The maximum Gasteiger partial charge on any atom is 0.336 e. The highest BCUT2D eigenvalue weighted by Gasteiger charge is 2.43. The highest BCUT2D eigenvalue weighted by atomic mass is 16.6. The average Bonchev–Trinajstić information content (AvgIpc) is 2.67. The minimum absolute atomic E-state index is 0.127. The van der Waals surface area contributed by atoms with Crippen LogP contribution in [0.15, 0.2) is 0 Å². The third-order valence-electron chi connectivity index (χ3n) is 4.67. The predicted molar refractivity (Wildman–Crippen MR) is 109 cm³/mol. The number of esters is 2. The number of carboxylic acids is 4. The second-order valence-electron chi connectivity index (χ2n) is 7.81. The summed E-state index contributed by atoms with van der Waals surface area (Å²) in [6, 6.07) is 0. The monoisotopic (exact) mass is 494 g/mol. The van der Waals surface area contributed by atoms with E-state index in [0.29, 0.717) is 12.8 Å². The molecule has 34 heavy (non-hydrogen) atoms. The van der Waals surface area contributed by atoms with Gasteiger partial charge in [-0.05, 0) is 12.8 Å². The van der Waals surface area contributed by atoms with Gasteiger partial charge >= 0.3 is 35.8 Å². The van der Waals surface area contributed by atoms with Crippen LogP contribution in [0.4, 0.5) is 0 Å². The van der Waals surface area contributed by atoms with Gasteiger partial charge in [0.05, 0.1) is 25.7 Å². The van der Waals surface area contributed by atoms with Crippen molar-refractivity contribution in [3.8, 4) is 0 Å². The van der Waals surface area contributed by atoms with E-state index in [1.807, 2.05) is 6.92 Å². The summed E-state index contributed by atoms with van der Waals surface area (Å²) in [6.45, 7) is 1.30. The smallest absolute Gasteiger partial charge is 0.336 e. The number of hydrogen-bond acceptors (Lipinski definition) is 10. The average molecular weight is 494 g/mol. The number of carboxylic acid groups (broad SMARTS) is 4. The first-order valence-corrected chi connectivity index (χ1v) is 10.4. The van der Waals surface area contributed by atoms with Gasteiger partial charge in [0.25, 0.3) is 0 Å². The molecule has 0 aromatic heterocycles. The van der Waals surface area contributed by atoms with Gasteiger partial charge in [-0.2, -0.15) is 0 Å². The van der Waals surface area contributed by atoms with E-state index in [4.69, 9.17) is 29.9 Å². The highest BCUT2D eigenvalue weighted by Crippen LogP contribution is 2.20. The number of unbranched alkanes of at least 4 members (excludes halogenated alkanes) is 3. The van der Waals surface area contributed by atoms with E-state index < -0.39 is 85.4 Å². The fraction of sp³-hybridized carbons (Fsp3) is 0.700. The Bertz CT molecular complexity index is 762. The SMILES string of the molecule is CCCCCCC(COC(=O)CC(O)(CC(=O)O)C(=O)O)OC(=O)CC(O)(CC(=O)O)C(=O)O. The first-order chi connectivity index (χ1) is 15.6. The molecule has 14 nitrogen and oxygen atoms in total. The summed E-state index contributed by atoms with van der Waals surface area (Å²) in [4.78, 5) is 68.0. The van der Waals surface area contributed by atoms with Crippen molar-refractivity contribution in [2.75, 3.05) is 6.61 Å². The first kappa shape index (κ1) is 30.7. The summed E-state index contributed by atoms with van der Waals surface area (Å²) in [7, 11) is 0. The molecule has 0 saturated carbocycles. The van der Waals surface area contributed by atoms with Gasteiger partial charge in [-0.3, -0.25) is 19.2 Å². The fourth-order valence-electron chi connectivity index (χ4n) is 2.84. The van der Waals surface area contributed by atoms with Crippen molar-refractivity contribution in [1.29, 1.82) is 0 Å². The van der Waals surface area contributed by atoms with Crippen LogP contribution in [0.3, 0.4) is 0 Å². The summed E-state index contributed by atoms with van der Waals surface area (Å²) >= 11 is 0. The summed E-state index contributed by atoms with van der Waals surface area (Å²) < 4.78 is 9.87. The zero-order chi connectivity index (χ0) is 26.5. The molecule has 3 atom stereocenters. The number of carbonyl (C=O) groups excluding carboxylic acids is 2. The summed E-state index contributed by atoms with van der Waals surface area (Å²) in [5.41, 5.74) is -5.85. The van der Waals surface area contributed by atoms with Crippen molar-refractivity contribution in [1.82, 2.24) is 0 Å². The van der Waals surface area contributed by atoms with E-state index in [2.05, 4.69) is 0 Å². The molecule has 0 fully saturated rings. The van der Waals surface area contributed by atoms with Crippen LogP contribution in [0, 0.1) is 0 Å². The zero-order valence-electron chi connectivity index (χ0n) is 18.6. The van der Waals surface area contributed by atoms with Crippen molar-refractivity contribution in [2.45, 2.75) is 82.0 Å². The van der Waals surface area contributed by atoms with Crippen LogP contribution in [0.5, 0.6) is 0 Å². The van der Waals surface area contributed by atoms with Crippen LogP contribution >= 0.6 is 0 Å². The van der Waals surface area contributed by atoms with Crippen LogP contribution in [0.1, 0.15) is 64.7 Å². The Labute approximate surface area is 194 Å². The number of aliphatic hydroxyl groups is 2. The van der Waals surface area contributed by atoms with Gasteiger partial charge in [0.15, 0.2) is 11.2 Å². The van der Waals surface area contributed by atoms with Gasteiger partial charge in [0, 0.05) is 0 Å². The Hall–Kier alpha value is -3.26. The number of ether oxygens (including phenoxy) is 2. The standard InChI is InChI=1S/C20H30O14/c1-2-3-4-5-6-12(34-16(26)10-20(32,18(29)30)8-14(23)24)11-33-15(25)9-19(31,17(27)28)7-13(21)22/h12,31-32H,2-11H2,1H3,(H,21,22)(H,23,24)(H,27,28)(H,29,30). The molecule has 0 aliphatic heterocycles. The molecule has 0 aromatic carbocycles. The minimum Gasteiger partial charge on any atom is -0.481 e. The predicted octanol–water partition coefficient (Wildman–Crippen LogP) is -0.227. The van der Waals surface area contributed by atoms with Crippen LogP contribution in [-0.4, -0.2) is 90.4 Å². The van der Waals surface area contributed by atoms with Gasteiger partial charge in [-0.15, -0.1) is 0 Å².